The fourth-order valence-electron chi connectivity index (χ4n) is 3.47. The van der Waals surface area contributed by atoms with Gasteiger partial charge in [-0.25, -0.2) is 0 Å². The van der Waals surface area contributed by atoms with Gasteiger partial charge in [-0.1, -0.05) is 40.2 Å². The van der Waals surface area contributed by atoms with Gasteiger partial charge in [-0.3, -0.25) is 4.79 Å². The molecule has 0 N–H and O–H groups in total. The summed E-state index contributed by atoms with van der Waals surface area (Å²) < 4.78 is 0. The predicted octanol–water partition coefficient (Wildman–Crippen LogP) is 3.88. The Balaban J connectivity index is 1.82. The van der Waals surface area contributed by atoms with Crippen LogP contribution in [0.25, 0.3) is 0 Å². The van der Waals surface area contributed by atoms with Gasteiger partial charge < -0.3 is 4.90 Å². The molecular weight excluding hydrogens is 314 g/mol. The second kappa shape index (κ2) is 6.30. The zero-order valence-electron chi connectivity index (χ0n) is 11.9. The number of aryl methyl sites for hydroxylation is 1. The zero-order valence-corrected chi connectivity index (χ0v) is 13.4. The average Bonchev–Trinajstić information content (AvgIpc) is 2.43. The van der Waals surface area contributed by atoms with Crippen LogP contribution in [0.3, 0.4) is 0 Å². The van der Waals surface area contributed by atoms with Crippen molar-refractivity contribution in [3.8, 4) is 0 Å². The van der Waals surface area contributed by atoms with Crippen LogP contribution in [0.15, 0.2) is 24.3 Å². The maximum absolute atomic E-state index is 13.0. The summed E-state index contributed by atoms with van der Waals surface area (Å²) in [4.78, 5) is 15.1. The molecule has 1 saturated carbocycles. The van der Waals surface area contributed by atoms with Gasteiger partial charge in [0.25, 0.3) is 0 Å². The van der Waals surface area contributed by atoms with Crippen molar-refractivity contribution in [1.29, 1.82) is 0 Å². The van der Waals surface area contributed by atoms with Gasteiger partial charge in [-0.05, 0) is 49.7 Å². The van der Waals surface area contributed by atoms with Gasteiger partial charge in [-0.2, -0.15) is 0 Å². The van der Waals surface area contributed by atoms with Crippen LogP contribution in [-0.2, 0) is 11.2 Å². The molecule has 108 valence electrons. The van der Waals surface area contributed by atoms with E-state index in [0.29, 0.717) is 11.9 Å². The van der Waals surface area contributed by atoms with Crippen molar-refractivity contribution in [3.05, 3.63) is 35.4 Å². The molecule has 20 heavy (non-hydrogen) atoms. The van der Waals surface area contributed by atoms with Crippen LogP contribution >= 0.6 is 15.9 Å². The standard InChI is InChI=1S/C17H22BrNO/c18-11-12-19(14-7-4-8-14)17(20)16-10-3-6-13-5-1-2-9-15(13)16/h1-2,5,9,14,16H,3-4,6-8,10-12H2. The molecule has 1 aromatic rings. The molecule has 0 spiro atoms. The van der Waals surface area contributed by atoms with Crippen molar-refractivity contribution >= 4 is 21.8 Å². The van der Waals surface area contributed by atoms with E-state index in [9.17, 15) is 4.79 Å². The van der Waals surface area contributed by atoms with Crippen LogP contribution in [0, 0.1) is 0 Å². The number of alkyl halides is 1. The van der Waals surface area contributed by atoms with Crippen LogP contribution in [0.1, 0.15) is 49.1 Å². The molecule has 0 aliphatic heterocycles. The Morgan fingerprint density at radius 1 is 1.20 bits per heavy atom. The number of carbonyl (C=O) groups is 1. The second-order valence-corrected chi connectivity index (χ2v) is 6.74. The van der Waals surface area contributed by atoms with Crippen LogP contribution in [0.2, 0.25) is 0 Å². The molecule has 3 rings (SSSR count). The summed E-state index contributed by atoms with van der Waals surface area (Å²) in [5.74, 6) is 0.459. The molecule has 2 nitrogen and oxygen atoms in total. The highest BCUT2D eigenvalue weighted by atomic mass is 79.9. The predicted molar refractivity (Wildman–Crippen MR) is 85.3 cm³/mol. The molecule has 0 aromatic heterocycles. The SMILES string of the molecule is O=C(C1CCCc2ccccc21)N(CCBr)C1CCC1. The molecule has 0 bridgehead atoms. The minimum Gasteiger partial charge on any atom is -0.338 e. The molecule has 1 amide bonds. The summed E-state index contributed by atoms with van der Waals surface area (Å²) in [6, 6.07) is 9.00. The number of carbonyl (C=O) groups excluding carboxylic acids is 1. The van der Waals surface area contributed by atoms with Crippen LogP contribution in [0.5, 0.6) is 0 Å². The average molecular weight is 336 g/mol. The minimum absolute atomic E-state index is 0.0969. The van der Waals surface area contributed by atoms with Crippen LogP contribution in [0.4, 0.5) is 0 Å². The Bertz CT molecular complexity index is 484. The molecule has 3 heteroatoms. The van der Waals surface area contributed by atoms with E-state index in [4.69, 9.17) is 0 Å². The topological polar surface area (TPSA) is 20.3 Å². The molecule has 2 aliphatic rings. The molecular formula is C17H22BrNO. The summed E-state index contributed by atoms with van der Waals surface area (Å²) >= 11 is 3.50. The molecule has 0 heterocycles. The summed E-state index contributed by atoms with van der Waals surface area (Å²) in [5.41, 5.74) is 2.66. The molecule has 0 radical (unpaired) electrons. The number of hydrogen-bond donors (Lipinski definition) is 0. The number of nitrogens with zero attached hydrogens (tertiary/aromatic N) is 1. The molecule has 2 aliphatic carbocycles. The highest BCUT2D eigenvalue weighted by molar-refractivity contribution is 9.09. The zero-order chi connectivity index (χ0) is 13.9. The Hall–Kier alpha value is -0.830. The Morgan fingerprint density at radius 2 is 2.00 bits per heavy atom. The quantitative estimate of drug-likeness (QED) is 0.764. The number of amides is 1. The van der Waals surface area contributed by atoms with Gasteiger partial charge in [0.2, 0.25) is 5.91 Å². The smallest absolute Gasteiger partial charge is 0.230 e. The number of benzene rings is 1. The lowest BCUT2D eigenvalue weighted by molar-refractivity contribution is -0.136. The van der Waals surface area contributed by atoms with Crippen molar-refractivity contribution in [1.82, 2.24) is 4.90 Å². The Morgan fingerprint density at radius 3 is 2.70 bits per heavy atom. The fraction of sp³-hybridized carbons (Fsp3) is 0.588. The summed E-state index contributed by atoms with van der Waals surface area (Å²) in [5, 5.41) is 0.879. The van der Waals surface area contributed by atoms with Gasteiger partial charge in [-0.15, -0.1) is 0 Å². The monoisotopic (exact) mass is 335 g/mol. The number of hydrogen-bond acceptors (Lipinski definition) is 1. The van der Waals surface area contributed by atoms with Crippen molar-refractivity contribution in [2.45, 2.75) is 50.5 Å². The first kappa shape index (κ1) is 14.1. The van der Waals surface area contributed by atoms with Gasteiger partial charge in [0.1, 0.15) is 0 Å². The van der Waals surface area contributed by atoms with E-state index in [0.717, 1.165) is 31.1 Å². The summed E-state index contributed by atoms with van der Waals surface area (Å²) in [6.07, 6.45) is 6.93. The summed E-state index contributed by atoms with van der Waals surface area (Å²) in [7, 11) is 0. The van der Waals surface area contributed by atoms with E-state index in [2.05, 4.69) is 45.1 Å². The third-order valence-corrected chi connectivity index (χ3v) is 5.15. The molecule has 1 atom stereocenters. The lowest BCUT2D eigenvalue weighted by atomic mass is 9.81. The highest BCUT2D eigenvalue weighted by Crippen LogP contribution is 2.35. The Labute approximate surface area is 129 Å². The second-order valence-electron chi connectivity index (χ2n) is 5.95. The van der Waals surface area contributed by atoms with Crippen LogP contribution in [-0.4, -0.2) is 28.7 Å². The third-order valence-electron chi connectivity index (χ3n) is 4.79. The normalized spacial score (nSPS) is 21.9. The van der Waals surface area contributed by atoms with Gasteiger partial charge in [0.15, 0.2) is 0 Å². The van der Waals surface area contributed by atoms with E-state index < -0.39 is 0 Å². The van der Waals surface area contributed by atoms with Crippen molar-refractivity contribution in [2.24, 2.45) is 0 Å². The first-order valence-corrected chi connectivity index (χ1v) is 8.87. The van der Waals surface area contributed by atoms with E-state index in [1.54, 1.807) is 0 Å². The lowest BCUT2D eigenvalue weighted by Crippen LogP contribution is -2.47. The molecule has 1 unspecified atom stereocenters. The number of halogens is 1. The molecule has 1 aromatic carbocycles. The van der Waals surface area contributed by atoms with Gasteiger partial charge in [0.05, 0.1) is 5.92 Å². The first-order chi connectivity index (χ1) is 9.81. The fourth-order valence-corrected chi connectivity index (χ4v) is 3.85. The van der Waals surface area contributed by atoms with Crippen LogP contribution < -0.4 is 0 Å². The van der Waals surface area contributed by atoms with Gasteiger partial charge in [0, 0.05) is 17.9 Å². The number of fused-ring (bicyclic) bond motifs is 1. The van der Waals surface area contributed by atoms with Crippen molar-refractivity contribution in [2.75, 3.05) is 11.9 Å². The van der Waals surface area contributed by atoms with Crippen molar-refractivity contribution in [3.63, 3.8) is 0 Å². The van der Waals surface area contributed by atoms with E-state index in [1.165, 1.54) is 30.4 Å². The summed E-state index contributed by atoms with van der Waals surface area (Å²) in [6.45, 7) is 0.849. The molecule has 0 saturated heterocycles. The van der Waals surface area contributed by atoms with E-state index >= 15 is 0 Å². The lowest BCUT2D eigenvalue weighted by Gasteiger charge is -2.40. The maximum Gasteiger partial charge on any atom is 0.230 e. The highest BCUT2D eigenvalue weighted by Gasteiger charge is 2.34. The number of rotatable bonds is 4. The van der Waals surface area contributed by atoms with E-state index in [1.807, 2.05) is 0 Å². The third kappa shape index (κ3) is 2.65. The maximum atomic E-state index is 13.0. The van der Waals surface area contributed by atoms with Crippen molar-refractivity contribution < 1.29 is 4.79 Å². The Kier molecular flexibility index (Phi) is 4.45. The van der Waals surface area contributed by atoms with E-state index in [-0.39, 0.29) is 5.92 Å². The molecule has 1 fully saturated rings. The van der Waals surface area contributed by atoms with Gasteiger partial charge >= 0.3 is 0 Å². The largest absolute Gasteiger partial charge is 0.338 e. The minimum atomic E-state index is 0.0969. The first-order valence-electron chi connectivity index (χ1n) is 7.75.